The second-order valence-electron chi connectivity index (χ2n) is 5.68. The highest BCUT2D eigenvalue weighted by Gasteiger charge is 2.35. The van der Waals surface area contributed by atoms with Crippen LogP contribution in [0, 0.1) is 6.92 Å². The number of aryl methyl sites for hydroxylation is 1. The first-order valence-corrected chi connectivity index (χ1v) is 9.26. The summed E-state index contributed by atoms with van der Waals surface area (Å²) < 4.78 is 32.7. The fourth-order valence-electron chi connectivity index (χ4n) is 3.09. The molecule has 124 valence electrons. The number of hydrogen-bond acceptors (Lipinski definition) is 4. The summed E-state index contributed by atoms with van der Waals surface area (Å²) in [7, 11) is -2.00. The van der Waals surface area contributed by atoms with Crippen LogP contribution in [-0.4, -0.2) is 57.0 Å². The predicted octanol–water partition coefficient (Wildman–Crippen LogP) is 2.11. The number of methoxy groups -OCH3 is 1. The molecule has 0 aromatic heterocycles. The molecule has 1 aliphatic rings. The van der Waals surface area contributed by atoms with Gasteiger partial charge in [-0.3, -0.25) is 4.90 Å². The molecule has 0 saturated carbocycles. The normalized spacial score (nSPS) is 19.8. The highest BCUT2D eigenvalue weighted by molar-refractivity contribution is 7.89. The molecule has 1 atom stereocenters. The van der Waals surface area contributed by atoms with Crippen molar-refractivity contribution in [2.45, 2.75) is 38.1 Å². The average molecular weight is 326 g/mol. The Morgan fingerprint density at radius 1 is 1.32 bits per heavy atom. The molecule has 1 aromatic carbocycles. The number of ether oxygens (including phenoxy) is 1. The Balaban J connectivity index is 2.27. The monoisotopic (exact) mass is 326 g/mol. The van der Waals surface area contributed by atoms with E-state index in [1.54, 1.807) is 16.4 Å². The summed E-state index contributed by atoms with van der Waals surface area (Å²) in [5.41, 5.74) is 0.916. The van der Waals surface area contributed by atoms with Crippen molar-refractivity contribution >= 4 is 10.0 Å². The van der Waals surface area contributed by atoms with E-state index in [2.05, 4.69) is 18.7 Å². The molecule has 2 rings (SSSR count). The lowest BCUT2D eigenvalue weighted by atomic mass is 10.2. The highest BCUT2D eigenvalue weighted by atomic mass is 32.2. The smallest absolute Gasteiger partial charge is 0.246 e. The first-order valence-electron chi connectivity index (χ1n) is 7.82. The lowest BCUT2D eigenvalue weighted by Crippen LogP contribution is -2.38. The van der Waals surface area contributed by atoms with Gasteiger partial charge in [0.2, 0.25) is 10.0 Å². The van der Waals surface area contributed by atoms with Crippen LogP contribution >= 0.6 is 0 Å². The fourth-order valence-corrected chi connectivity index (χ4v) is 4.82. The Bertz CT molecular complexity index is 612. The van der Waals surface area contributed by atoms with E-state index in [-0.39, 0.29) is 4.90 Å². The predicted molar refractivity (Wildman–Crippen MR) is 87.8 cm³/mol. The van der Waals surface area contributed by atoms with E-state index in [0.29, 0.717) is 24.9 Å². The van der Waals surface area contributed by atoms with Crippen LogP contribution in [0.5, 0.6) is 5.75 Å². The van der Waals surface area contributed by atoms with Gasteiger partial charge in [-0.05, 0) is 44.1 Å². The summed E-state index contributed by atoms with van der Waals surface area (Å²) >= 11 is 0. The third-order valence-electron chi connectivity index (χ3n) is 4.39. The third kappa shape index (κ3) is 3.29. The second kappa shape index (κ2) is 6.98. The molecule has 0 amide bonds. The number of hydrogen-bond donors (Lipinski definition) is 0. The minimum Gasteiger partial charge on any atom is -0.495 e. The van der Waals surface area contributed by atoms with E-state index in [0.717, 1.165) is 25.1 Å². The van der Waals surface area contributed by atoms with Gasteiger partial charge in [0.05, 0.1) is 7.11 Å². The maximum Gasteiger partial charge on any atom is 0.246 e. The number of sulfonamides is 1. The van der Waals surface area contributed by atoms with Crippen LogP contribution in [0.2, 0.25) is 0 Å². The van der Waals surface area contributed by atoms with Gasteiger partial charge < -0.3 is 4.74 Å². The minimum absolute atomic E-state index is 0.273. The maximum atomic E-state index is 12.9. The molecular weight excluding hydrogens is 300 g/mol. The molecule has 1 heterocycles. The summed E-state index contributed by atoms with van der Waals surface area (Å²) in [4.78, 5) is 2.60. The standard InChI is InChI=1S/C16H26N2O3S/c1-5-17(6-2)14-9-10-18(12-14)22(19,20)16-11-13(3)7-8-15(16)21-4/h7-8,11,14H,5-6,9-10,12H2,1-4H3. The Kier molecular flexibility index (Phi) is 5.47. The molecule has 22 heavy (non-hydrogen) atoms. The summed E-state index contributed by atoms with van der Waals surface area (Å²) in [6.07, 6.45) is 0.884. The van der Waals surface area contributed by atoms with Crippen molar-refractivity contribution < 1.29 is 13.2 Å². The van der Waals surface area contributed by atoms with Crippen molar-refractivity contribution in [3.63, 3.8) is 0 Å². The van der Waals surface area contributed by atoms with Crippen LogP contribution in [0.15, 0.2) is 23.1 Å². The van der Waals surface area contributed by atoms with Gasteiger partial charge in [-0.1, -0.05) is 19.9 Å². The van der Waals surface area contributed by atoms with E-state index >= 15 is 0 Å². The van der Waals surface area contributed by atoms with Gasteiger partial charge >= 0.3 is 0 Å². The largest absolute Gasteiger partial charge is 0.495 e. The van der Waals surface area contributed by atoms with Crippen molar-refractivity contribution in [1.82, 2.24) is 9.21 Å². The van der Waals surface area contributed by atoms with Crippen LogP contribution < -0.4 is 4.74 Å². The van der Waals surface area contributed by atoms with Crippen LogP contribution in [0.4, 0.5) is 0 Å². The Morgan fingerprint density at radius 2 is 2.00 bits per heavy atom. The summed E-state index contributed by atoms with van der Waals surface area (Å²) in [5.74, 6) is 0.414. The van der Waals surface area contributed by atoms with Crippen molar-refractivity contribution in [2.24, 2.45) is 0 Å². The molecule has 1 aliphatic heterocycles. The molecule has 1 fully saturated rings. The van der Waals surface area contributed by atoms with Crippen molar-refractivity contribution in [1.29, 1.82) is 0 Å². The molecule has 1 saturated heterocycles. The molecular formula is C16H26N2O3S. The zero-order chi connectivity index (χ0) is 16.3. The van der Waals surface area contributed by atoms with Crippen molar-refractivity contribution in [3.8, 4) is 5.75 Å². The summed E-state index contributed by atoms with van der Waals surface area (Å²) in [6, 6.07) is 5.58. The number of rotatable bonds is 6. The molecule has 0 N–H and O–H groups in total. The van der Waals surface area contributed by atoms with Gasteiger partial charge in [0, 0.05) is 19.1 Å². The Hall–Kier alpha value is -1.11. The first kappa shape index (κ1) is 17.2. The highest BCUT2D eigenvalue weighted by Crippen LogP contribution is 2.30. The maximum absolute atomic E-state index is 12.9. The summed E-state index contributed by atoms with van der Waals surface area (Å²) in [5, 5.41) is 0. The molecule has 0 radical (unpaired) electrons. The van der Waals surface area contributed by atoms with Gasteiger partial charge in [-0.15, -0.1) is 0 Å². The summed E-state index contributed by atoms with van der Waals surface area (Å²) in [6.45, 7) is 9.14. The first-order chi connectivity index (χ1) is 10.4. The lowest BCUT2D eigenvalue weighted by Gasteiger charge is -2.26. The van der Waals surface area contributed by atoms with E-state index in [1.807, 2.05) is 13.0 Å². The van der Waals surface area contributed by atoms with E-state index in [4.69, 9.17) is 4.74 Å². The van der Waals surface area contributed by atoms with Crippen molar-refractivity contribution in [2.75, 3.05) is 33.3 Å². The molecule has 1 aromatic rings. The van der Waals surface area contributed by atoms with E-state index in [9.17, 15) is 8.42 Å². The van der Waals surface area contributed by atoms with Gasteiger partial charge in [0.1, 0.15) is 10.6 Å². The second-order valence-corrected chi connectivity index (χ2v) is 7.59. The van der Waals surface area contributed by atoms with E-state index < -0.39 is 10.0 Å². The average Bonchev–Trinajstić information content (AvgIpc) is 2.99. The molecule has 5 nitrogen and oxygen atoms in total. The lowest BCUT2D eigenvalue weighted by molar-refractivity contribution is 0.224. The van der Waals surface area contributed by atoms with Gasteiger partial charge in [0.25, 0.3) is 0 Å². The molecule has 6 heteroatoms. The van der Waals surface area contributed by atoms with Crippen LogP contribution in [0.25, 0.3) is 0 Å². The zero-order valence-corrected chi connectivity index (χ0v) is 14.7. The van der Waals surface area contributed by atoms with Crippen LogP contribution in [-0.2, 0) is 10.0 Å². The third-order valence-corrected chi connectivity index (χ3v) is 6.28. The van der Waals surface area contributed by atoms with E-state index in [1.165, 1.54) is 7.11 Å². The Labute approximate surface area is 133 Å². The zero-order valence-electron chi connectivity index (χ0n) is 13.9. The molecule has 0 bridgehead atoms. The molecule has 0 aliphatic carbocycles. The Morgan fingerprint density at radius 3 is 2.59 bits per heavy atom. The number of nitrogens with zero attached hydrogens (tertiary/aromatic N) is 2. The van der Waals surface area contributed by atoms with Crippen LogP contribution in [0.3, 0.4) is 0 Å². The quantitative estimate of drug-likeness (QED) is 0.803. The van der Waals surface area contributed by atoms with Gasteiger partial charge in [-0.2, -0.15) is 4.31 Å². The molecule has 0 spiro atoms. The van der Waals surface area contributed by atoms with Crippen molar-refractivity contribution in [3.05, 3.63) is 23.8 Å². The SMILES string of the molecule is CCN(CC)C1CCN(S(=O)(=O)c2cc(C)ccc2OC)C1. The van der Waals surface area contributed by atoms with Gasteiger partial charge in [0.15, 0.2) is 0 Å². The minimum atomic E-state index is -3.51. The number of likely N-dealkylation sites (N-methyl/N-ethyl adjacent to an activating group) is 1. The number of benzene rings is 1. The van der Waals surface area contributed by atoms with Gasteiger partial charge in [-0.25, -0.2) is 8.42 Å². The fraction of sp³-hybridized carbons (Fsp3) is 0.625. The molecule has 1 unspecified atom stereocenters. The topological polar surface area (TPSA) is 49.9 Å². The van der Waals surface area contributed by atoms with Crippen LogP contribution in [0.1, 0.15) is 25.8 Å².